The van der Waals surface area contributed by atoms with Gasteiger partial charge < -0.3 is 19.6 Å². The first-order valence-corrected chi connectivity index (χ1v) is 9.12. The zero-order chi connectivity index (χ0) is 18.0. The van der Waals surface area contributed by atoms with Crippen LogP contribution in [0.15, 0.2) is 12.1 Å². The van der Waals surface area contributed by atoms with Gasteiger partial charge in [-0.3, -0.25) is 10.1 Å². The highest BCUT2D eigenvalue weighted by molar-refractivity contribution is 5.71. The van der Waals surface area contributed by atoms with Crippen molar-refractivity contribution < 1.29 is 19.1 Å². The van der Waals surface area contributed by atoms with E-state index < -0.39 is 10.7 Å². The lowest BCUT2D eigenvalue weighted by atomic mass is 10.1. The molecule has 25 heavy (non-hydrogen) atoms. The number of quaternary nitrogens is 2. The molecule has 2 heterocycles. The van der Waals surface area contributed by atoms with E-state index in [1.807, 2.05) is 9.80 Å². The van der Waals surface area contributed by atoms with Crippen LogP contribution in [0.1, 0.15) is 6.92 Å². The fourth-order valence-electron chi connectivity index (χ4n) is 3.73. The fraction of sp³-hybridized carbons (Fsp3) is 0.647. The van der Waals surface area contributed by atoms with Gasteiger partial charge in [0.25, 0.3) is 5.69 Å². The third-order valence-electron chi connectivity index (χ3n) is 5.51. The van der Waals surface area contributed by atoms with Crippen molar-refractivity contribution in [2.75, 3.05) is 75.8 Å². The molecule has 2 fully saturated rings. The quantitative estimate of drug-likeness (QED) is 0.527. The summed E-state index contributed by atoms with van der Waals surface area (Å²) in [6.07, 6.45) is 0. The molecule has 8 heteroatoms. The van der Waals surface area contributed by atoms with Crippen molar-refractivity contribution in [1.29, 1.82) is 0 Å². The van der Waals surface area contributed by atoms with Crippen LogP contribution in [0, 0.1) is 15.9 Å². The van der Waals surface area contributed by atoms with Crippen LogP contribution in [-0.2, 0) is 0 Å². The molecule has 0 atom stereocenters. The Hall–Kier alpha value is -1.93. The number of halogens is 1. The number of nitro benzene ring substituents is 1. The average molecular weight is 353 g/mol. The van der Waals surface area contributed by atoms with E-state index in [0.29, 0.717) is 11.4 Å². The number of hydrogen-bond donors (Lipinski definition) is 2. The molecule has 3 rings (SSSR count). The number of likely N-dealkylation sites (N-methyl/N-ethyl adjacent to an activating group) is 2. The molecular weight excluding hydrogens is 325 g/mol. The van der Waals surface area contributed by atoms with Gasteiger partial charge in [0.05, 0.1) is 82.6 Å². The highest BCUT2D eigenvalue weighted by Crippen LogP contribution is 2.35. The molecule has 0 bridgehead atoms. The van der Waals surface area contributed by atoms with Gasteiger partial charge in [0.15, 0.2) is 5.82 Å². The Kier molecular flexibility index (Phi) is 5.39. The predicted molar refractivity (Wildman–Crippen MR) is 95.3 cm³/mol. The number of benzene rings is 1. The molecule has 0 aromatic heterocycles. The maximum absolute atomic E-state index is 14.6. The van der Waals surface area contributed by atoms with Gasteiger partial charge in [0.2, 0.25) is 0 Å². The van der Waals surface area contributed by atoms with Gasteiger partial charge in [-0.25, -0.2) is 4.39 Å². The maximum atomic E-state index is 14.6. The van der Waals surface area contributed by atoms with Crippen molar-refractivity contribution in [3.8, 4) is 0 Å². The number of hydrogen-bond acceptors (Lipinski definition) is 4. The van der Waals surface area contributed by atoms with Crippen LogP contribution in [0.25, 0.3) is 0 Å². The van der Waals surface area contributed by atoms with Crippen LogP contribution < -0.4 is 19.6 Å². The average Bonchev–Trinajstić information content (AvgIpc) is 2.62. The van der Waals surface area contributed by atoms with Gasteiger partial charge in [0, 0.05) is 0 Å². The number of nitrogens with zero attached hydrogens (tertiary/aromatic N) is 3. The number of nitro groups is 1. The lowest BCUT2D eigenvalue weighted by molar-refractivity contribution is -0.898. The molecule has 0 saturated carbocycles. The first-order chi connectivity index (χ1) is 12.0. The van der Waals surface area contributed by atoms with Gasteiger partial charge >= 0.3 is 0 Å². The van der Waals surface area contributed by atoms with E-state index in [1.54, 1.807) is 6.07 Å². The molecule has 2 N–H and O–H groups in total. The summed E-state index contributed by atoms with van der Waals surface area (Å²) in [4.78, 5) is 18.0. The molecule has 1 aromatic rings. The van der Waals surface area contributed by atoms with Crippen LogP contribution >= 0.6 is 0 Å². The summed E-state index contributed by atoms with van der Waals surface area (Å²) in [5, 5.41) is 11.5. The SMILES string of the molecule is CC[NH+]1CCN(c2cc(N3CC[NH+](C)CC3)c(F)cc2[N+](=O)[O-])CC1. The zero-order valence-corrected chi connectivity index (χ0v) is 15.1. The van der Waals surface area contributed by atoms with Crippen molar-refractivity contribution in [2.45, 2.75) is 6.92 Å². The summed E-state index contributed by atoms with van der Waals surface area (Å²) in [7, 11) is 2.13. The minimum absolute atomic E-state index is 0.124. The maximum Gasteiger partial charge on any atom is 0.295 e. The topological polar surface area (TPSA) is 58.5 Å². The summed E-state index contributed by atoms with van der Waals surface area (Å²) in [5.41, 5.74) is 0.933. The molecule has 0 spiro atoms. The molecule has 0 unspecified atom stereocenters. The highest BCUT2D eigenvalue weighted by Gasteiger charge is 2.29. The molecular formula is C17H28FN5O2+2. The van der Waals surface area contributed by atoms with Crippen LogP contribution in [0.5, 0.6) is 0 Å². The largest absolute Gasteiger partial charge is 0.358 e. The van der Waals surface area contributed by atoms with E-state index in [4.69, 9.17) is 0 Å². The molecule has 7 nitrogen and oxygen atoms in total. The first kappa shape index (κ1) is 17.9. The van der Waals surface area contributed by atoms with E-state index in [2.05, 4.69) is 14.0 Å². The summed E-state index contributed by atoms with van der Waals surface area (Å²) in [5.74, 6) is -0.493. The summed E-state index contributed by atoms with van der Waals surface area (Å²) in [6, 6.07) is 2.81. The first-order valence-electron chi connectivity index (χ1n) is 9.12. The lowest BCUT2D eigenvalue weighted by Crippen LogP contribution is -3.14. The smallest absolute Gasteiger partial charge is 0.295 e. The van der Waals surface area contributed by atoms with Gasteiger partial charge in [-0.1, -0.05) is 0 Å². The minimum Gasteiger partial charge on any atom is -0.358 e. The monoisotopic (exact) mass is 353 g/mol. The Labute approximate surface area is 147 Å². The molecule has 138 valence electrons. The van der Waals surface area contributed by atoms with Crippen molar-refractivity contribution >= 4 is 17.1 Å². The van der Waals surface area contributed by atoms with Crippen molar-refractivity contribution in [1.82, 2.24) is 0 Å². The minimum atomic E-state index is -0.493. The van der Waals surface area contributed by atoms with Crippen molar-refractivity contribution in [2.24, 2.45) is 0 Å². The predicted octanol–water partition coefficient (Wildman–Crippen LogP) is -1.21. The van der Waals surface area contributed by atoms with E-state index in [0.717, 1.165) is 65.0 Å². The summed E-state index contributed by atoms with van der Waals surface area (Å²) >= 11 is 0. The Morgan fingerprint density at radius 2 is 1.64 bits per heavy atom. The molecule has 2 saturated heterocycles. The third kappa shape index (κ3) is 3.85. The number of piperazine rings is 2. The lowest BCUT2D eigenvalue weighted by Gasteiger charge is -2.35. The number of nitrogens with one attached hydrogen (secondary N) is 2. The van der Waals surface area contributed by atoms with E-state index in [1.165, 1.54) is 9.80 Å². The molecule has 0 radical (unpaired) electrons. The summed E-state index contributed by atoms with van der Waals surface area (Å²) in [6.45, 7) is 10.1. The van der Waals surface area contributed by atoms with Crippen LogP contribution in [0.3, 0.4) is 0 Å². The van der Waals surface area contributed by atoms with Crippen LogP contribution in [0.4, 0.5) is 21.5 Å². The van der Waals surface area contributed by atoms with Gasteiger partial charge in [-0.15, -0.1) is 0 Å². The van der Waals surface area contributed by atoms with E-state index in [-0.39, 0.29) is 5.69 Å². The van der Waals surface area contributed by atoms with Crippen molar-refractivity contribution in [3.63, 3.8) is 0 Å². The highest BCUT2D eigenvalue weighted by atomic mass is 19.1. The Bertz CT molecular complexity index is 626. The Balaban J connectivity index is 1.89. The molecule has 0 amide bonds. The standard InChI is InChI=1S/C17H26FN5O2/c1-3-20-6-10-22(11-7-20)16-13-15(14(18)12-17(16)23(24)25)21-8-4-19(2)5-9-21/h12-13H,3-11H2,1-2H3/p+2. The number of rotatable bonds is 4. The molecule has 2 aliphatic rings. The molecule has 2 aliphatic heterocycles. The Morgan fingerprint density at radius 3 is 2.20 bits per heavy atom. The number of anilines is 2. The van der Waals surface area contributed by atoms with E-state index in [9.17, 15) is 14.5 Å². The summed E-state index contributed by atoms with van der Waals surface area (Å²) < 4.78 is 14.6. The second-order valence-electron chi connectivity index (χ2n) is 7.08. The van der Waals surface area contributed by atoms with Crippen molar-refractivity contribution in [3.05, 3.63) is 28.1 Å². The van der Waals surface area contributed by atoms with Crippen LogP contribution in [-0.4, -0.2) is 70.9 Å². The van der Waals surface area contributed by atoms with Gasteiger partial charge in [0.1, 0.15) is 5.69 Å². The van der Waals surface area contributed by atoms with E-state index >= 15 is 0 Å². The second kappa shape index (κ2) is 7.53. The third-order valence-corrected chi connectivity index (χ3v) is 5.51. The normalized spacial score (nSPS) is 20.1. The second-order valence-corrected chi connectivity index (χ2v) is 7.08. The Morgan fingerprint density at radius 1 is 1.08 bits per heavy atom. The zero-order valence-electron chi connectivity index (χ0n) is 15.1. The molecule has 0 aliphatic carbocycles. The van der Waals surface area contributed by atoms with Gasteiger partial charge in [-0.2, -0.15) is 0 Å². The van der Waals surface area contributed by atoms with Crippen LogP contribution in [0.2, 0.25) is 0 Å². The fourth-order valence-corrected chi connectivity index (χ4v) is 3.73. The van der Waals surface area contributed by atoms with Gasteiger partial charge in [-0.05, 0) is 13.0 Å². The molecule has 1 aromatic carbocycles.